The minimum atomic E-state index is -4.44. The second-order valence-corrected chi connectivity index (χ2v) is 8.71. The van der Waals surface area contributed by atoms with Crippen molar-refractivity contribution in [3.8, 4) is 11.3 Å². The minimum Gasteiger partial charge on any atom is -0.373 e. The number of rotatable bonds is 6. The van der Waals surface area contributed by atoms with E-state index in [0.717, 1.165) is 38.2 Å². The molecule has 2 aliphatic rings. The van der Waals surface area contributed by atoms with Gasteiger partial charge in [-0.05, 0) is 50.0 Å². The van der Waals surface area contributed by atoms with Gasteiger partial charge in [-0.15, -0.1) is 0 Å². The van der Waals surface area contributed by atoms with Crippen LogP contribution in [0.4, 0.5) is 13.2 Å². The Morgan fingerprint density at radius 1 is 1.14 bits per heavy atom. The van der Waals surface area contributed by atoms with Crippen LogP contribution >= 0.6 is 0 Å². The fourth-order valence-electron chi connectivity index (χ4n) is 4.63. The number of benzene rings is 1. The van der Waals surface area contributed by atoms with Crippen LogP contribution in [0.5, 0.6) is 0 Å². The summed E-state index contributed by atoms with van der Waals surface area (Å²) in [5.41, 5.74) is 0.345. The Kier molecular flexibility index (Phi) is 5.74. The van der Waals surface area contributed by atoms with Crippen molar-refractivity contribution in [2.24, 2.45) is 11.8 Å². The first-order valence-electron chi connectivity index (χ1n) is 10.6. The van der Waals surface area contributed by atoms with Gasteiger partial charge in [0.1, 0.15) is 11.5 Å². The number of alkyl halides is 3. The molecule has 1 heterocycles. The largest absolute Gasteiger partial charge is 0.417 e. The summed E-state index contributed by atoms with van der Waals surface area (Å²) >= 11 is 0. The number of halogens is 3. The third-order valence-electron chi connectivity index (χ3n) is 6.29. The van der Waals surface area contributed by atoms with E-state index in [1.807, 2.05) is 0 Å². The van der Waals surface area contributed by atoms with E-state index >= 15 is 0 Å². The Balaban J connectivity index is 1.62. The molecule has 3 atom stereocenters. The van der Waals surface area contributed by atoms with E-state index in [2.05, 4.69) is 19.0 Å². The summed E-state index contributed by atoms with van der Waals surface area (Å²) < 4.78 is 52.5. The third-order valence-corrected chi connectivity index (χ3v) is 6.29. The van der Waals surface area contributed by atoms with Crippen LogP contribution in [0.3, 0.4) is 0 Å². The Morgan fingerprint density at radius 2 is 1.90 bits per heavy atom. The monoisotopic (exact) mass is 407 g/mol. The van der Waals surface area contributed by atoms with Gasteiger partial charge in [-0.25, -0.2) is 0 Å². The average Bonchev–Trinajstić information content (AvgIpc) is 3.44. The van der Waals surface area contributed by atoms with Crippen LogP contribution in [0.2, 0.25) is 0 Å². The molecule has 6 heteroatoms. The quantitative estimate of drug-likeness (QED) is 0.519. The second-order valence-electron chi connectivity index (χ2n) is 8.71. The molecule has 2 fully saturated rings. The van der Waals surface area contributed by atoms with E-state index in [9.17, 15) is 13.2 Å². The zero-order chi connectivity index (χ0) is 20.6. The molecule has 0 spiro atoms. The molecule has 2 unspecified atom stereocenters. The van der Waals surface area contributed by atoms with E-state index in [1.54, 1.807) is 6.07 Å². The summed E-state index contributed by atoms with van der Waals surface area (Å²) in [4.78, 5) is 0. The highest BCUT2D eigenvalue weighted by atomic mass is 19.4. The van der Waals surface area contributed by atoms with Gasteiger partial charge < -0.3 is 9.26 Å². The molecule has 2 aromatic rings. The molecule has 0 radical (unpaired) electrons. The molecule has 29 heavy (non-hydrogen) atoms. The van der Waals surface area contributed by atoms with Crippen molar-refractivity contribution in [3.05, 3.63) is 41.2 Å². The first kappa shape index (κ1) is 20.5. The highest BCUT2D eigenvalue weighted by Crippen LogP contribution is 2.46. The van der Waals surface area contributed by atoms with Gasteiger partial charge in [0, 0.05) is 17.0 Å². The number of nitrogens with zero attached hydrogens (tertiary/aromatic N) is 1. The molecule has 0 N–H and O–H groups in total. The Bertz CT molecular complexity index is 841. The minimum absolute atomic E-state index is 0.0673. The molecule has 0 aliphatic heterocycles. The molecule has 0 amide bonds. The van der Waals surface area contributed by atoms with Crippen molar-refractivity contribution in [1.82, 2.24) is 5.16 Å². The summed E-state index contributed by atoms with van der Waals surface area (Å²) in [6, 6.07) is 5.57. The molecule has 1 aromatic carbocycles. The van der Waals surface area contributed by atoms with Crippen molar-refractivity contribution >= 4 is 0 Å². The van der Waals surface area contributed by atoms with Crippen LogP contribution in [0, 0.1) is 11.8 Å². The van der Waals surface area contributed by atoms with Gasteiger partial charge in [0.25, 0.3) is 0 Å². The van der Waals surface area contributed by atoms with Gasteiger partial charge in [-0.3, -0.25) is 0 Å². The molecule has 1 aromatic heterocycles. The van der Waals surface area contributed by atoms with Gasteiger partial charge in [0.2, 0.25) is 0 Å². The summed E-state index contributed by atoms with van der Waals surface area (Å²) in [5, 5.41) is 4.08. The standard InChI is InChI=1S/C23H28F3NO2/c1-3-15-10-14(2)11-17(12-15)28-13-19-21(27-29-22(19)16-8-9-16)18-6-4-5-7-20(18)23(24,25)26/h4-7,14-17H,3,8-13H2,1-2H3/t14?,15-,17?/m1/s1. The maximum absolute atomic E-state index is 13.6. The SMILES string of the molecule is CC[C@@H]1CC(C)CC(OCc2c(-c3ccccc3C(F)(F)F)noc2C2CC2)C1. The normalized spacial score (nSPS) is 25.3. The predicted molar refractivity (Wildman–Crippen MR) is 104 cm³/mol. The van der Waals surface area contributed by atoms with E-state index in [1.165, 1.54) is 18.6 Å². The summed E-state index contributed by atoms with van der Waals surface area (Å²) in [6.07, 6.45) is 2.03. The van der Waals surface area contributed by atoms with Crippen LogP contribution in [-0.2, 0) is 17.5 Å². The molecule has 4 rings (SSSR count). The van der Waals surface area contributed by atoms with Crippen LogP contribution in [0.25, 0.3) is 11.3 Å². The third kappa shape index (κ3) is 4.52. The molecule has 0 bridgehead atoms. The highest BCUT2D eigenvalue weighted by Gasteiger charge is 2.38. The van der Waals surface area contributed by atoms with E-state index in [4.69, 9.17) is 9.26 Å². The molecule has 3 nitrogen and oxygen atoms in total. The fraction of sp³-hybridized carbons (Fsp3) is 0.609. The van der Waals surface area contributed by atoms with Crippen LogP contribution in [0.1, 0.15) is 75.2 Å². The van der Waals surface area contributed by atoms with Crippen molar-refractivity contribution < 1.29 is 22.4 Å². The second kappa shape index (κ2) is 8.13. The summed E-state index contributed by atoms with van der Waals surface area (Å²) in [5.74, 6) is 2.21. The molecular formula is C23H28F3NO2. The number of hydrogen-bond donors (Lipinski definition) is 0. The Hall–Kier alpha value is -1.82. The predicted octanol–water partition coefficient (Wildman–Crippen LogP) is 6.97. The first-order chi connectivity index (χ1) is 13.9. The van der Waals surface area contributed by atoms with Crippen molar-refractivity contribution in [3.63, 3.8) is 0 Å². The lowest BCUT2D eigenvalue weighted by molar-refractivity contribution is -0.137. The number of hydrogen-bond acceptors (Lipinski definition) is 3. The van der Waals surface area contributed by atoms with Crippen LogP contribution in [0.15, 0.2) is 28.8 Å². The number of aromatic nitrogens is 1. The van der Waals surface area contributed by atoms with Crippen molar-refractivity contribution in [2.45, 2.75) is 77.2 Å². The highest BCUT2D eigenvalue weighted by molar-refractivity contribution is 5.68. The van der Waals surface area contributed by atoms with E-state index in [-0.39, 0.29) is 29.9 Å². The van der Waals surface area contributed by atoms with Crippen LogP contribution < -0.4 is 0 Å². The summed E-state index contributed by atoms with van der Waals surface area (Å²) in [6.45, 7) is 4.71. The van der Waals surface area contributed by atoms with Gasteiger partial charge in [0.15, 0.2) is 0 Å². The average molecular weight is 407 g/mol. The maximum atomic E-state index is 13.6. The molecule has 2 saturated carbocycles. The van der Waals surface area contributed by atoms with E-state index in [0.29, 0.717) is 23.2 Å². The Morgan fingerprint density at radius 3 is 2.59 bits per heavy atom. The fourth-order valence-corrected chi connectivity index (χ4v) is 4.63. The van der Waals surface area contributed by atoms with Gasteiger partial charge in [0.05, 0.1) is 18.3 Å². The topological polar surface area (TPSA) is 35.3 Å². The Labute approximate surface area is 169 Å². The molecular weight excluding hydrogens is 379 g/mol. The van der Waals surface area contributed by atoms with Crippen molar-refractivity contribution in [1.29, 1.82) is 0 Å². The van der Waals surface area contributed by atoms with Crippen molar-refractivity contribution in [2.75, 3.05) is 0 Å². The van der Waals surface area contributed by atoms with Crippen LogP contribution in [-0.4, -0.2) is 11.3 Å². The molecule has 158 valence electrons. The lowest BCUT2D eigenvalue weighted by Gasteiger charge is -2.32. The zero-order valence-electron chi connectivity index (χ0n) is 17.0. The van der Waals surface area contributed by atoms with Gasteiger partial charge in [-0.1, -0.05) is 43.6 Å². The summed E-state index contributed by atoms with van der Waals surface area (Å²) in [7, 11) is 0. The lowest BCUT2D eigenvalue weighted by Crippen LogP contribution is -2.27. The lowest BCUT2D eigenvalue weighted by atomic mass is 9.79. The van der Waals surface area contributed by atoms with Gasteiger partial charge in [-0.2, -0.15) is 13.2 Å². The first-order valence-corrected chi connectivity index (χ1v) is 10.6. The van der Waals surface area contributed by atoms with E-state index < -0.39 is 11.7 Å². The number of ether oxygens (including phenoxy) is 1. The smallest absolute Gasteiger partial charge is 0.373 e. The zero-order valence-corrected chi connectivity index (χ0v) is 17.0. The molecule has 2 aliphatic carbocycles. The van der Waals surface area contributed by atoms with Gasteiger partial charge >= 0.3 is 6.18 Å². The molecule has 0 saturated heterocycles. The maximum Gasteiger partial charge on any atom is 0.417 e.